The number of rotatable bonds is 7. The molecule has 2 saturated carbocycles. The van der Waals surface area contributed by atoms with Gasteiger partial charge >= 0.3 is 0 Å². The third-order valence-electron chi connectivity index (χ3n) is 6.10. The molecule has 136 valence electrons. The molecule has 2 fully saturated rings. The second-order valence-corrected chi connectivity index (χ2v) is 10.7. The van der Waals surface area contributed by atoms with E-state index in [4.69, 9.17) is 5.73 Å². The van der Waals surface area contributed by atoms with Gasteiger partial charge in [-0.05, 0) is 87.0 Å². The van der Waals surface area contributed by atoms with Crippen LogP contribution in [0.15, 0.2) is 0 Å². The quantitative estimate of drug-likeness (QED) is 0.683. The molecule has 2 rings (SSSR count). The van der Waals surface area contributed by atoms with Crippen LogP contribution in [-0.4, -0.2) is 18.6 Å². The number of hydrogen-bond donors (Lipinski definition) is 2. The molecule has 0 bridgehead atoms. The Morgan fingerprint density at radius 2 is 1.48 bits per heavy atom. The Labute approximate surface area is 145 Å². The summed E-state index contributed by atoms with van der Waals surface area (Å²) in [7, 11) is 0. The predicted molar refractivity (Wildman–Crippen MR) is 102 cm³/mol. The van der Waals surface area contributed by atoms with E-state index in [9.17, 15) is 0 Å². The van der Waals surface area contributed by atoms with E-state index >= 15 is 0 Å². The van der Waals surface area contributed by atoms with Crippen LogP contribution >= 0.6 is 0 Å². The minimum atomic E-state index is 0.473. The van der Waals surface area contributed by atoms with E-state index in [-0.39, 0.29) is 0 Å². The first kappa shape index (κ1) is 19.2. The van der Waals surface area contributed by atoms with Crippen molar-refractivity contribution in [2.24, 2.45) is 28.4 Å². The molecule has 0 atom stereocenters. The van der Waals surface area contributed by atoms with Crippen LogP contribution in [0.25, 0.3) is 0 Å². The summed E-state index contributed by atoms with van der Waals surface area (Å²) in [5.41, 5.74) is 6.89. The van der Waals surface area contributed by atoms with Gasteiger partial charge in [-0.15, -0.1) is 0 Å². The van der Waals surface area contributed by atoms with Crippen molar-refractivity contribution in [1.29, 1.82) is 0 Å². The molecule has 0 spiro atoms. The Balaban J connectivity index is 1.58. The lowest BCUT2D eigenvalue weighted by atomic mass is 9.70. The van der Waals surface area contributed by atoms with Crippen LogP contribution < -0.4 is 11.1 Å². The minimum absolute atomic E-state index is 0.473. The Morgan fingerprint density at radius 3 is 2.00 bits per heavy atom. The van der Waals surface area contributed by atoms with Crippen molar-refractivity contribution in [3.63, 3.8) is 0 Å². The molecule has 0 radical (unpaired) electrons. The molecule has 23 heavy (non-hydrogen) atoms. The summed E-state index contributed by atoms with van der Waals surface area (Å²) >= 11 is 0. The molecule has 2 nitrogen and oxygen atoms in total. The van der Waals surface area contributed by atoms with Crippen molar-refractivity contribution >= 4 is 0 Å². The third kappa shape index (κ3) is 7.13. The van der Waals surface area contributed by atoms with E-state index < -0.39 is 0 Å². The van der Waals surface area contributed by atoms with Crippen LogP contribution in [0.1, 0.15) is 92.4 Å². The lowest BCUT2D eigenvalue weighted by molar-refractivity contribution is 0.157. The van der Waals surface area contributed by atoms with Crippen LogP contribution in [0.2, 0.25) is 0 Å². The molecule has 0 amide bonds. The highest BCUT2D eigenvalue weighted by Gasteiger charge is 2.31. The van der Waals surface area contributed by atoms with Crippen LogP contribution in [-0.2, 0) is 0 Å². The molecule has 0 heterocycles. The molecule has 0 aromatic heterocycles. The first-order valence-electron chi connectivity index (χ1n) is 10.1. The van der Waals surface area contributed by atoms with Crippen LogP contribution in [0.4, 0.5) is 0 Å². The highest BCUT2D eigenvalue weighted by Crippen LogP contribution is 2.38. The molecule has 0 unspecified atom stereocenters. The molecular formula is C21H42N2. The Morgan fingerprint density at radius 1 is 0.870 bits per heavy atom. The van der Waals surface area contributed by atoms with Crippen LogP contribution in [0.5, 0.6) is 0 Å². The SMILES string of the molecule is CC(C)(C)C[C@H]1CC[C@H](NCCC(C)(C)C[C@H]2C[C@@H](N)C2)CC1. The summed E-state index contributed by atoms with van der Waals surface area (Å²) in [6.07, 6.45) is 12.2. The summed E-state index contributed by atoms with van der Waals surface area (Å²) in [6.45, 7) is 13.2. The summed E-state index contributed by atoms with van der Waals surface area (Å²) in [5.74, 6) is 1.86. The van der Waals surface area contributed by atoms with E-state index in [1.54, 1.807) is 0 Å². The van der Waals surface area contributed by atoms with E-state index in [0.29, 0.717) is 16.9 Å². The van der Waals surface area contributed by atoms with Gasteiger partial charge in [-0.1, -0.05) is 34.6 Å². The first-order valence-corrected chi connectivity index (χ1v) is 10.1. The number of nitrogens with two attached hydrogens (primary N) is 1. The van der Waals surface area contributed by atoms with Crippen molar-refractivity contribution < 1.29 is 0 Å². The second kappa shape index (κ2) is 7.87. The van der Waals surface area contributed by atoms with Crippen molar-refractivity contribution in [3.05, 3.63) is 0 Å². The van der Waals surface area contributed by atoms with Gasteiger partial charge in [0, 0.05) is 12.1 Å². The highest BCUT2D eigenvalue weighted by atomic mass is 14.9. The molecular weight excluding hydrogens is 280 g/mol. The second-order valence-electron chi connectivity index (χ2n) is 10.7. The van der Waals surface area contributed by atoms with Gasteiger partial charge in [0.15, 0.2) is 0 Å². The van der Waals surface area contributed by atoms with Gasteiger partial charge in [0.1, 0.15) is 0 Å². The molecule has 2 aliphatic rings. The standard InChI is InChI=1S/C21H42N2/c1-20(2,3)14-16-6-8-19(9-7-16)23-11-10-21(4,5)15-17-12-18(22)13-17/h16-19,23H,6-15,22H2,1-5H3/t16-,17-,18+,19-. The zero-order valence-electron chi connectivity index (χ0n) is 16.5. The fourth-order valence-electron chi connectivity index (χ4n) is 4.89. The first-order chi connectivity index (χ1) is 10.6. The maximum Gasteiger partial charge on any atom is 0.00672 e. The zero-order valence-corrected chi connectivity index (χ0v) is 16.5. The van der Waals surface area contributed by atoms with Crippen LogP contribution in [0.3, 0.4) is 0 Å². The van der Waals surface area contributed by atoms with Gasteiger partial charge < -0.3 is 11.1 Å². The van der Waals surface area contributed by atoms with E-state index in [1.807, 2.05) is 0 Å². The minimum Gasteiger partial charge on any atom is -0.328 e. The fraction of sp³-hybridized carbons (Fsp3) is 1.00. The van der Waals surface area contributed by atoms with Crippen molar-refractivity contribution in [3.8, 4) is 0 Å². The summed E-state index contributed by atoms with van der Waals surface area (Å²) in [6, 6.07) is 1.27. The lowest BCUT2D eigenvalue weighted by Gasteiger charge is -2.39. The molecule has 0 aromatic carbocycles. The maximum absolute atomic E-state index is 5.92. The average molecular weight is 323 g/mol. The van der Waals surface area contributed by atoms with Gasteiger partial charge in [0.05, 0.1) is 0 Å². The number of hydrogen-bond acceptors (Lipinski definition) is 2. The maximum atomic E-state index is 5.92. The molecule has 0 saturated heterocycles. The summed E-state index contributed by atoms with van der Waals surface area (Å²) in [5, 5.41) is 3.85. The third-order valence-corrected chi connectivity index (χ3v) is 6.10. The van der Waals surface area contributed by atoms with Gasteiger partial charge in [0.25, 0.3) is 0 Å². The van der Waals surface area contributed by atoms with E-state index in [1.165, 1.54) is 64.3 Å². The normalized spacial score (nSPS) is 32.6. The molecule has 3 N–H and O–H groups in total. The Hall–Kier alpha value is -0.0800. The number of nitrogens with one attached hydrogen (secondary N) is 1. The molecule has 2 heteroatoms. The molecule has 0 aliphatic heterocycles. The molecule has 2 aliphatic carbocycles. The van der Waals surface area contributed by atoms with Gasteiger partial charge in [-0.3, -0.25) is 0 Å². The fourth-order valence-corrected chi connectivity index (χ4v) is 4.89. The predicted octanol–water partition coefficient (Wildman–Crippen LogP) is 5.11. The van der Waals surface area contributed by atoms with Crippen molar-refractivity contribution in [2.75, 3.05) is 6.54 Å². The summed E-state index contributed by atoms with van der Waals surface area (Å²) in [4.78, 5) is 0. The monoisotopic (exact) mass is 322 g/mol. The lowest BCUT2D eigenvalue weighted by Crippen LogP contribution is -2.39. The van der Waals surface area contributed by atoms with Crippen LogP contribution in [0, 0.1) is 22.7 Å². The smallest absolute Gasteiger partial charge is 0.00672 e. The van der Waals surface area contributed by atoms with Gasteiger partial charge in [-0.2, -0.15) is 0 Å². The van der Waals surface area contributed by atoms with Crippen molar-refractivity contribution in [2.45, 2.75) is 104 Å². The van der Waals surface area contributed by atoms with E-state index in [2.05, 4.69) is 39.9 Å². The van der Waals surface area contributed by atoms with Crippen molar-refractivity contribution in [1.82, 2.24) is 5.32 Å². The van der Waals surface area contributed by atoms with Gasteiger partial charge in [0.2, 0.25) is 0 Å². The highest BCUT2D eigenvalue weighted by molar-refractivity contribution is 4.87. The zero-order chi connectivity index (χ0) is 17.1. The topological polar surface area (TPSA) is 38.0 Å². The average Bonchev–Trinajstić information content (AvgIpc) is 2.37. The van der Waals surface area contributed by atoms with Gasteiger partial charge in [-0.25, -0.2) is 0 Å². The Kier molecular flexibility index (Phi) is 6.58. The van der Waals surface area contributed by atoms with E-state index in [0.717, 1.165) is 17.9 Å². The Bertz CT molecular complexity index is 341. The largest absolute Gasteiger partial charge is 0.328 e. The molecule has 0 aromatic rings. The summed E-state index contributed by atoms with van der Waals surface area (Å²) < 4.78 is 0.